The molecule has 1 fully saturated rings. The zero-order chi connectivity index (χ0) is 20.6. The van der Waals surface area contributed by atoms with Crippen LogP contribution in [-0.4, -0.2) is 48.8 Å². The van der Waals surface area contributed by atoms with Gasteiger partial charge in [-0.25, -0.2) is 12.8 Å². The van der Waals surface area contributed by atoms with Gasteiger partial charge >= 0.3 is 0 Å². The standard InChI is InChI=1S/C20H20FN3O3S2/c1-13-6-8-14(9-7-13)22-19(25)10-24(17-5-3-2-4-15(17)21)20-23-16-11-29(26,27)12-18(16)28-20/h2-9,16,18H,10-12H2,1H3,(H,22,25). The Morgan fingerprint density at radius 3 is 2.62 bits per heavy atom. The first-order chi connectivity index (χ1) is 13.8. The van der Waals surface area contributed by atoms with E-state index in [9.17, 15) is 17.6 Å². The molecule has 1 saturated heterocycles. The van der Waals surface area contributed by atoms with Crippen molar-refractivity contribution in [1.82, 2.24) is 0 Å². The molecule has 29 heavy (non-hydrogen) atoms. The largest absolute Gasteiger partial charge is 0.325 e. The van der Waals surface area contributed by atoms with Crippen LogP contribution in [0.1, 0.15) is 5.56 Å². The lowest BCUT2D eigenvalue weighted by molar-refractivity contribution is -0.114. The van der Waals surface area contributed by atoms with Crippen LogP contribution in [0.5, 0.6) is 0 Å². The average molecular weight is 434 g/mol. The van der Waals surface area contributed by atoms with Gasteiger partial charge < -0.3 is 10.2 Å². The number of benzene rings is 2. The summed E-state index contributed by atoms with van der Waals surface area (Å²) in [5.41, 5.74) is 1.97. The Bertz CT molecular complexity index is 1070. The van der Waals surface area contributed by atoms with Gasteiger partial charge in [0.15, 0.2) is 15.0 Å². The monoisotopic (exact) mass is 433 g/mol. The molecule has 2 aromatic rings. The Morgan fingerprint density at radius 1 is 1.21 bits per heavy atom. The second-order valence-electron chi connectivity index (χ2n) is 7.16. The number of hydrogen-bond acceptors (Lipinski definition) is 6. The Morgan fingerprint density at radius 2 is 1.93 bits per heavy atom. The maximum Gasteiger partial charge on any atom is 0.244 e. The molecule has 0 aliphatic carbocycles. The SMILES string of the molecule is Cc1ccc(NC(=O)CN(C2=NC3CS(=O)(=O)CC3S2)c2ccccc2F)cc1. The van der Waals surface area contributed by atoms with E-state index in [1.807, 2.05) is 19.1 Å². The Balaban J connectivity index is 1.57. The number of aliphatic imine (C=N–C) groups is 1. The fourth-order valence-corrected chi connectivity index (χ4v) is 7.15. The van der Waals surface area contributed by atoms with Gasteiger partial charge in [0, 0.05) is 10.9 Å². The number of anilines is 2. The van der Waals surface area contributed by atoms with Crippen LogP contribution in [-0.2, 0) is 14.6 Å². The van der Waals surface area contributed by atoms with E-state index in [0.29, 0.717) is 10.9 Å². The molecule has 0 saturated carbocycles. The first kappa shape index (κ1) is 19.9. The maximum atomic E-state index is 14.5. The number of amidine groups is 1. The summed E-state index contributed by atoms with van der Waals surface area (Å²) in [7, 11) is -3.09. The predicted octanol–water partition coefficient (Wildman–Crippen LogP) is 2.85. The van der Waals surface area contributed by atoms with E-state index in [0.717, 1.165) is 5.56 Å². The summed E-state index contributed by atoms with van der Waals surface area (Å²) in [4.78, 5) is 18.7. The third-order valence-corrected chi connectivity index (χ3v) is 8.06. The number of halogens is 1. The minimum absolute atomic E-state index is 0.00512. The lowest BCUT2D eigenvalue weighted by Gasteiger charge is -2.24. The van der Waals surface area contributed by atoms with E-state index in [2.05, 4.69) is 10.3 Å². The molecule has 2 aliphatic rings. The minimum atomic E-state index is -3.09. The van der Waals surface area contributed by atoms with Crippen LogP contribution in [0.4, 0.5) is 15.8 Å². The summed E-state index contributed by atoms with van der Waals surface area (Å²) in [6.45, 7) is 1.82. The third-order valence-electron chi connectivity index (χ3n) is 4.82. The molecule has 2 aromatic carbocycles. The molecule has 152 valence electrons. The maximum absolute atomic E-state index is 14.5. The molecule has 0 radical (unpaired) electrons. The topological polar surface area (TPSA) is 78.8 Å². The van der Waals surface area contributed by atoms with Crippen molar-refractivity contribution in [3.63, 3.8) is 0 Å². The van der Waals surface area contributed by atoms with E-state index < -0.39 is 15.7 Å². The second-order valence-corrected chi connectivity index (χ2v) is 10.5. The molecule has 0 bridgehead atoms. The number of sulfone groups is 1. The number of para-hydroxylation sites is 1. The minimum Gasteiger partial charge on any atom is -0.325 e. The van der Waals surface area contributed by atoms with Crippen molar-refractivity contribution in [1.29, 1.82) is 0 Å². The van der Waals surface area contributed by atoms with Crippen molar-refractivity contribution in [2.24, 2.45) is 4.99 Å². The van der Waals surface area contributed by atoms with Gasteiger partial charge in [0.25, 0.3) is 0 Å². The number of fused-ring (bicyclic) bond motifs is 1. The molecule has 2 atom stereocenters. The molecule has 2 aliphatic heterocycles. The van der Waals surface area contributed by atoms with Crippen LogP contribution in [0, 0.1) is 12.7 Å². The van der Waals surface area contributed by atoms with Gasteiger partial charge in [-0.3, -0.25) is 9.79 Å². The number of aryl methyl sites for hydroxylation is 1. The number of hydrogen-bond donors (Lipinski definition) is 1. The summed E-state index contributed by atoms with van der Waals surface area (Å²) in [6.07, 6.45) is 0. The lowest BCUT2D eigenvalue weighted by Crippen LogP contribution is -2.37. The molecule has 2 heterocycles. The number of nitrogens with one attached hydrogen (secondary N) is 1. The molecule has 0 aromatic heterocycles. The molecular weight excluding hydrogens is 413 g/mol. The molecule has 4 rings (SSSR count). The average Bonchev–Trinajstić information content (AvgIpc) is 3.16. The van der Waals surface area contributed by atoms with E-state index >= 15 is 0 Å². The number of carbonyl (C=O) groups excluding carboxylic acids is 1. The van der Waals surface area contributed by atoms with Gasteiger partial charge in [0.1, 0.15) is 12.4 Å². The van der Waals surface area contributed by atoms with E-state index in [1.165, 1.54) is 22.7 Å². The van der Waals surface area contributed by atoms with Gasteiger partial charge in [0.05, 0.1) is 23.2 Å². The number of carbonyl (C=O) groups is 1. The van der Waals surface area contributed by atoms with Gasteiger partial charge in [-0.15, -0.1) is 0 Å². The summed E-state index contributed by atoms with van der Waals surface area (Å²) >= 11 is 1.30. The number of amides is 1. The van der Waals surface area contributed by atoms with Gasteiger partial charge in [-0.1, -0.05) is 41.6 Å². The van der Waals surface area contributed by atoms with Crippen molar-refractivity contribution >= 4 is 44.0 Å². The summed E-state index contributed by atoms with van der Waals surface area (Å²) < 4.78 is 38.2. The van der Waals surface area contributed by atoms with Crippen LogP contribution >= 0.6 is 11.8 Å². The summed E-state index contributed by atoms with van der Waals surface area (Å²) in [5, 5.41) is 3.09. The van der Waals surface area contributed by atoms with Crippen molar-refractivity contribution in [2.75, 3.05) is 28.3 Å². The normalized spacial score (nSPS) is 22.1. The van der Waals surface area contributed by atoms with Gasteiger partial charge in [-0.2, -0.15) is 0 Å². The quantitative estimate of drug-likeness (QED) is 0.802. The highest BCUT2D eigenvalue weighted by molar-refractivity contribution is 8.15. The van der Waals surface area contributed by atoms with Crippen molar-refractivity contribution < 1.29 is 17.6 Å². The van der Waals surface area contributed by atoms with E-state index in [1.54, 1.807) is 30.3 Å². The predicted molar refractivity (Wildman–Crippen MR) is 115 cm³/mol. The molecule has 1 amide bonds. The first-order valence-corrected chi connectivity index (χ1v) is 11.8. The van der Waals surface area contributed by atoms with Crippen LogP contribution in [0.25, 0.3) is 0 Å². The zero-order valence-corrected chi connectivity index (χ0v) is 17.3. The number of rotatable bonds is 4. The fourth-order valence-electron chi connectivity index (χ4n) is 3.38. The highest BCUT2D eigenvalue weighted by Gasteiger charge is 2.44. The molecular formula is C20H20FN3O3S2. The van der Waals surface area contributed by atoms with Crippen molar-refractivity contribution in [2.45, 2.75) is 18.2 Å². The van der Waals surface area contributed by atoms with Gasteiger partial charge in [-0.05, 0) is 31.2 Å². The highest BCUT2D eigenvalue weighted by Crippen LogP contribution is 2.37. The summed E-state index contributed by atoms with van der Waals surface area (Å²) in [6, 6.07) is 13.2. The molecule has 9 heteroatoms. The molecule has 1 N–H and O–H groups in total. The Hall–Kier alpha value is -2.39. The van der Waals surface area contributed by atoms with Crippen LogP contribution < -0.4 is 10.2 Å². The molecule has 0 spiro atoms. The fraction of sp³-hybridized carbons (Fsp3) is 0.300. The van der Waals surface area contributed by atoms with Crippen LogP contribution in [0.15, 0.2) is 53.5 Å². The smallest absolute Gasteiger partial charge is 0.244 e. The number of thioether (sulfide) groups is 1. The first-order valence-electron chi connectivity index (χ1n) is 9.14. The Labute approximate surface area is 173 Å². The highest BCUT2D eigenvalue weighted by atomic mass is 32.2. The van der Waals surface area contributed by atoms with E-state index in [-0.39, 0.29) is 40.9 Å². The zero-order valence-electron chi connectivity index (χ0n) is 15.7. The molecule has 6 nitrogen and oxygen atoms in total. The number of nitrogens with zero attached hydrogens (tertiary/aromatic N) is 2. The summed E-state index contributed by atoms with van der Waals surface area (Å²) in [5.74, 6) is -0.737. The van der Waals surface area contributed by atoms with Gasteiger partial charge in [0.2, 0.25) is 5.91 Å². The Kier molecular flexibility index (Phi) is 5.35. The second kappa shape index (κ2) is 7.79. The van der Waals surface area contributed by atoms with Crippen molar-refractivity contribution in [3.05, 3.63) is 59.9 Å². The molecule has 2 unspecified atom stereocenters. The third kappa shape index (κ3) is 4.45. The van der Waals surface area contributed by atoms with Crippen LogP contribution in [0.3, 0.4) is 0 Å². The van der Waals surface area contributed by atoms with E-state index in [4.69, 9.17) is 0 Å². The lowest BCUT2D eigenvalue weighted by atomic mass is 10.2. The van der Waals surface area contributed by atoms with Crippen LogP contribution in [0.2, 0.25) is 0 Å². The van der Waals surface area contributed by atoms with Crippen molar-refractivity contribution in [3.8, 4) is 0 Å².